The summed E-state index contributed by atoms with van der Waals surface area (Å²) in [5.41, 5.74) is 4.92. The number of fused-ring (bicyclic) bond motifs is 1. The molecule has 1 aliphatic carbocycles. The van der Waals surface area contributed by atoms with Crippen LogP contribution in [0.25, 0.3) is 22.2 Å². The maximum absolute atomic E-state index is 11.4. The van der Waals surface area contributed by atoms with Crippen LogP contribution in [0.5, 0.6) is 0 Å². The first kappa shape index (κ1) is 11.8. The predicted molar refractivity (Wildman–Crippen MR) is 81.3 cm³/mol. The van der Waals surface area contributed by atoms with Gasteiger partial charge >= 0.3 is 5.69 Å². The summed E-state index contributed by atoms with van der Waals surface area (Å²) in [6.45, 7) is 0. The van der Waals surface area contributed by atoms with Crippen molar-refractivity contribution in [3.63, 3.8) is 0 Å². The van der Waals surface area contributed by atoms with Crippen molar-refractivity contribution >= 4 is 22.6 Å². The highest BCUT2D eigenvalue weighted by Gasteiger charge is 2.27. The number of rotatable bonds is 2. The third-order valence-corrected chi connectivity index (χ3v) is 4.18. The molecule has 1 fully saturated rings. The topological polar surface area (TPSA) is 48.6 Å². The number of imidazole rings is 1. The second-order valence-electron chi connectivity index (χ2n) is 5.32. The molecular weight excluding hydrogens is 272 g/mol. The van der Waals surface area contributed by atoms with E-state index in [4.69, 9.17) is 11.6 Å². The van der Waals surface area contributed by atoms with Crippen LogP contribution in [0.4, 0.5) is 0 Å². The third kappa shape index (κ3) is 1.86. The van der Waals surface area contributed by atoms with Gasteiger partial charge in [-0.15, -0.1) is 0 Å². The normalized spacial score (nSPS) is 14.8. The number of hydrogen-bond donors (Lipinski definition) is 2. The lowest BCUT2D eigenvalue weighted by molar-refractivity contribution is 1.13. The van der Waals surface area contributed by atoms with Crippen LogP contribution in [0.3, 0.4) is 0 Å². The van der Waals surface area contributed by atoms with Crippen molar-refractivity contribution < 1.29 is 0 Å². The van der Waals surface area contributed by atoms with Crippen LogP contribution in [0.1, 0.15) is 24.3 Å². The number of nitrogens with one attached hydrogen (secondary N) is 2. The summed E-state index contributed by atoms with van der Waals surface area (Å²) < 4.78 is 0. The van der Waals surface area contributed by atoms with Gasteiger partial charge in [0.05, 0.1) is 11.0 Å². The first-order chi connectivity index (χ1) is 9.72. The summed E-state index contributed by atoms with van der Waals surface area (Å²) in [5, 5.41) is 0.770. The molecule has 1 saturated carbocycles. The van der Waals surface area contributed by atoms with Crippen LogP contribution in [-0.4, -0.2) is 9.97 Å². The zero-order chi connectivity index (χ0) is 13.7. The van der Waals surface area contributed by atoms with E-state index in [-0.39, 0.29) is 5.69 Å². The van der Waals surface area contributed by atoms with Crippen molar-refractivity contribution in [2.24, 2.45) is 0 Å². The molecule has 1 aliphatic rings. The molecule has 0 unspecified atom stereocenters. The highest BCUT2D eigenvalue weighted by atomic mass is 35.5. The molecule has 0 aliphatic heterocycles. The molecule has 4 rings (SSSR count). The van der Waals surface area contributed by atoms with E-state index >= 15 is 0 Å². The average Bonchev–Trinajstić information content (AvgIpc) is 3.19. The number of halogens is 1. The predicted octanol–water partition coefficient (Wildman–Crippen LogP) is 4.05. The molecule has 0 atom stereocenters. The van der Waals surface area contributed by atoms with Crippen molar-refractivity contribution in [2.45, 2.75) is 18.8 Å². The van der Waals surface area contributed by atoms with E-state index in [0.717, 1.165) is 27.2 Å². The standard InChI is InChI=1S/C16H13ClN2O/c17-12-3-1-2-11(9-4-5-9)15(12)10-6-7-13-14(8-10)19-16(20)18-13/h1-3,6-9H,4-5H2,(H2,18,19,20). The lowest BCUT2D eigenvalue weighted by atomic mass is 9.96. The molecule has 0 saturated heterocycles. The SMILES string of the molecule is O=c1[nH]c2ccc(-c3c(Cl)cccc3C3CC3)cc2[nH]1. The van der Waals surface area contributed by atoms with Gasteiger partial charge in [0.25, 0.3) is 0 Å². The highest BCUT2D eigenvalue weighted by Crippen LogP contribution is 2.46. The van der Waals surface area contributed by atoms with Crippen molar-refractivity contribution in [3.05, 3.63) is 57.5 Å². The summed E-state index contributed by atoms with van der Waals surface area (Å²) in [4.78, 5) is 16.9. The maximum atomic E-state index is 11.4. The summed E-state index contributed by atoms with van der Waals surface area (Å²) in [7, 11) is 0. The first-order valence-corrected chi connectivity index (χ1v) is 7.11. The number of aromatic amines is 2. The fourth-order valence-electron chi connectivity index (χ4n) is 2.77. The molecule has 3 nitrogen and oxygen atoms in total. The minimum absolute atomic E-state index is 0.182. The lowest BCUT2D eigenvalue weighted by Crippen LogP contribution is -1.99. The van der Waals surface area contributed by atoms with Gasteiger partial charge in [-0.1, -0.05) is 29.8 Å². The molecule has 2 aromatic carbocycles. The van der Waals surface area contributed by atoms with Crippen LogP contribution < -0.4 is 5.69 Å². The van der Waals surface area contributed by atoms with Gasteiger partial charge in [-0.25, -0.2) is 4.79 Å². The van der Waals surface area contributed by atoms with E-state index in [1.807, 2.05) is 30.3 Å². The van der Waals surface area contributed by atoms with E-state index in [9.17, 15) is 4.79 Å². The zero-order valence-electron chi connectivity index (χ0n) is 10.7. The van der Waals surface area contributed by atoms with E-state index in [1.54, 1.807) is 0 Å². The minimum atomic E-state index is -0.182. The van der Waals surface area contributed by atoms with Crippen LogP contribution in [-0.2, 0) is 0 Å². The molecule has 3 aromatic rings. The van der Waals surface area contributed by atoms with E-state index in [2.05, 4.69) is 16.0 Å². The Morgan fingerprint density at radius 3 is 2.65 bits per heavy atom. The van der Waals surface area contributed by atoms with Crippen molar-refractivity contribution in [3.8, 4) is 11.1 Å². The molecule has 1 heterocycles. The van der Waals surface area contributed by atoms with E-state index < -0.39 is 0 Å². The maximum Gasteiger partial charge on any atom is 0.323 e. The second-order valence-corrected chi connectivity index (χ2v) is 5.73. The van der Waals surface area contributed by atoms with Crippen LogP contribution >= 0.6 is 11.6 Å². The fourth-order valence-corrected chi connectivity index (χ4v) is 3.06. The number of benzene rings is 2. The van der Waals surface area contributed by atoms with Crippen molar-refractivity contribution in [1.29, 1.82) is 0 Å². The van der Waals surface area contributed by atoms with Gasteiger partial charge < -0.3 is 9.97 Å². The van der Waals surface area contributed by atoms with Gasteiger partial charge in [-0.3, -0.25) is 0 Å². The van der Waals surface area contributed by atoms with E-state index in [1.165, 1.54) is 18.4 Å². The van der Waals surface area contributed by atoms with Crippen LogP contribution in [0.15, 0.2) is 41.2 Å². The van der Waals surface area contributed by atoms with Crippen molar-refractivity contribution in [1.82, 2.24) is 9.97 Å². The number of hydrogen-bond acceptors (Lipinski definition) is 1. The smallest absolute Gasteiger partial charge is 0.306 e. The van der Waals surface area contributed by atoms with Crippen molar-refractivity contribution in [2.75, 3.05) is 0 Å². The molecule has 4 heteroatoms. The van der Waals surface area contributed by atoms with Gasteiger partial charge in [0.15, 0.2) is 0 Å². The van der Waals surface area contributed by atoms with Gasteiger partial charge in [-0.05, 0) is 48.1 Å². The monoisotopic (exact) mass is 284 g/mol. The Bertz CT molecular complexity index is 858. The van der Waals surface area contributed by atoms with Crippen LogP contribution in [0.2, 0.25) is 5.02 Å². The summed E-state index contributed by atoms with van der Waals surface area (Å²) >= 11 is 6.41. The Kier molecular flexibility index (Phi) is 2.51. The van der Waals surface area contributed by atoms with E-state index in [0.29, 0.717) is 5.92 Å². The molecule has 100 valence electrons. The first-order valence-electron chi connectivity index (χ1n) is 6.73. The van der Waals surface area contributed by atoms with Gasteiger partial charge in [0.1, 0.15) is 0 Å². The summed E-state index contributed by atoms with van der Waals surface area (Å²) in [5.74, 6) is 0.629. The zero-order valence-corrected chi connectivity index (χ0v) is 11.5. The molecule has 0 spiro atoms. The van der Waals surface area contributed by atoms with Gasteiger partial charge in [0, 0.05) is 10.6 Å². The number of H-pyrrole nitrogens is 2. The quantitative estimate of drug-likeness (QED) is 0.733. The lowest BCUT2D eigenvalue weighted by Gasteiger charge is -2.11. The summed E-state index contributed by atoms with van der Waals surface area (Å²) in [6.07, 6.45) is 2.47. The van der Waals surface area contributed by atoms with Crippen LogP contribution in [0, 0.1) is 0 Å². The molecule has 1 aromatic heterocycles. The molecule has 0 bridgehead atoms. The highest BCUT2D eigenvalue weighted by molar-refractivity contribution is 6.33. The Hall–Kier alpha value is -2.00. The number of aromatic nitrogens is 2. The Labute approximate surface area is 120 Å². The summed E-state index contributed by atoms with van der Waals surface area (Å²) in [6, 6.07) is 12.0. The van der Waals surface area contributed by atoms with Gasteiger partial charge in [-0.2, -0.15) is 0 Å². The second kappa shape index (κ2) is 4.25. The Morgan fingerprint density at radius 1 is 1.05 bits per heavy atom. The Balaban J connectivity index is 1.96. The Morgan fingerprint density at radius 2 is 1.85 bits per heavy atom. The third-order valence-electron chi connectivity index (χ3n) is 3.87. The molecule has 0 radical (unpaired) electrons. The molecule has 2 N–H and O–H groups in total. The minimum Gasteiger partial charge on any atom is -0.306 e. The average molecular weight is 285 g/mol. The molecular formula is C16H13ClN2O. The fraction of sp³-hybridized carbons (Fsp3) is 0.188. The molecule has 20 heavy (non-hydrogen) atoms. The van der Waals surface area contributed by atoms with Gasteiger partial charge in [0.2, 0.25) is 0 Å². The largest absolute Gasteiger partial charge is 0.323 e. The molecule has 0 amide bonds.